The van der Waals surface area contributed by atoms with Crippen molar-refractivity contribution in [3.8, 4) is 5.75 Å². The van der Waals surface area contributed by atoms with Crippen molar-refractivity contribution in [2.45, 2.75) is 32.4 Å². The van der Waals surface area contributed by atoms with Crippen molar-refractivity contribution < 1.29 is 9.90 Å². The molecule has 0 heterocycles. The summed E-state index contributed by atoms with van der Waals surface area (Å²) in [6, 6.07) is 6.84. The van der Waals surface area contributed by atoms with Crippen LogP contribution in [-0.4, -0.2) is 16.6 Å². The molecule has 0 saturated carbocycles. The maximum Gasteiger partial charge on any atom is 0.237 e. The van der Waals surface area contributed by atoms with Crippen LogP contribution in [-0.2, 0) is 4.79 Å². The van der Waals surface area contributed by atoms with Crippen LogP contribution in [0, 0.1) is 0 Å². The molecule has 1 aromatic carbocycles. The number of aromatic hydroxyl groups is 1. The van der Waals surface area contributed by atoms with Gasteiger partial charge in [0.1, 0.15) is 5.75 Å². The van der Waals surface area contributed by atoms with Crippen molar-refractivity contribution in [2.75, 3.05) is 0 Å². The fourth-order valence-electron chi connectivity index (χ4n) is 1.46. The molecular formula is C12H18N2O2. The molecule has 1 atom stereocenters. The van der Waals surface area contributed by atoms with Crippen molar-refractivity contribution >= 4 is 5.91 Å². The number of phenols is 1. The average molecular weight is 222 g/mol. The number of rotatable bonds is 4. The van der Waals surface area contributed by atoms with Crippen molar-refractivity contribution in [3.63, 3.8) is 0 Å². The third kappa shape index (κ3) is 2.97. The lowest BCUT2D eigenvalue weighted by Gasteiger charge is -2.27. The second-order valence-corrected chi connectivity index (χ2v) is 4.45. The Labute approximate surface area is 95.5 Å². The number of carbonyl (C=O) groups is 1. The van der Waals surface area contributed by atoms with Gasteiger partial charge in [-0.25, -0.2) is 0 Å². The minimum atomic E-state index is -0.753. The van der Waals surface area contributed by atoms with Gasteiger partial charge in [0.15, 0.2) is 0 Å². The van der Waals surface area contributed by atoms with Crippen molar-refractivity contribution in [1.29, 1.82) is 0 Å². The van der Waals surface area contributed by atoms with E-state index < -0.39 is 11.4 Å². The van der Waals surface area contributed by atoms with Crippen molar-refractivity contribution in [3.05, 3.63) is 29.8 Å². The number of hydrogen-bond donors (Lipinski definition) is 3. The van der Waals surface area contributed by atoms with Gasteiger partial charge in [-0.05, 0) is 38.5 Å². The lowest BCUT2D eigenvalue weighted by atomic mass is 10.0. The Hall–Kier alpha value is -1.55. The monoisotopic (exact) mass is 222 g/mol. The third-order valence-corrected chi connectivity index (χ3v) is 2.59. The van der Waals surface area contributed by atoms with E-state index >= 15 is 0 Å². The highest BCUT2D eigenvalue weighted by molar-refractivity contribution is 5.83. The van der Waals surface area contributed by atoms with Crippen LogP contribution < -0.4 is 11.1 Å². The predicted molar refractivity (Wildman–Crippen MR) is 62.9 cm³/mol. The molecule has 0 aliphatic heterocycles. The predicted octanol–water partition coefficient (Wildman–Crippen LogP) is 1.31. The van der Waals surface area contributed by atoms with E-state index in [1.165, 1.54) is 0 Å². The molecule has 0 radical (unpaired) electrons. The Bertz CT molecular complexity index is 371. The van der Waals surface area contributed by atoms with E-state index in [1.54, 1.807) is 26.0 Å². The molecule has 0 spiro atoms. The molecule has 88 valence electrons. The Morgan fingerprint density at radius 2 is 1.88 bits per heavy atom. The van der Waals surface area contributed by atoms with Gasteiger partial charge < -0.3 is 10.8 Å². The standard InChI is InChI=1S/C12H18N2O2/c1-8(14-12(2,3)11(13)16)9-4-6-10(15)7-5-9/h4-8,14-15H,1-3H3,(H2,13,16). The molecule has 0 fully saturated rings. The van der Waals surface area contributed by atoms with Gasteiger partial charge in [-0.2, -0.15) is 0 Å². The van der Waals surface area contributed by atoms with Crippen LogP contribution in [0.5, 0.6) is 5.75 Å². The SMILES string of the molecule is CC(NC(C)(C)C(N)=O)c1ccc(O)cc1. The number of nitrogens with one attached hydrogen (secondary N) is 1. The lowest BCUT2D eigenvalue weighted by molar-refractivity contribution is -0.123. The first-order valence-electron chi connectivity index (χ1n) is 5.19. The number of benzene rings is 1. The fourth-order valence-corrected chi connectivity index (χ4v) is 1.46. The Kier molecular flexibility index (Phi) is 3.55. The van der Waals surface area contributed by atoms with Gasteiger partial charge in [0, 0.05) is 6.04 Å². The zero-order chi connectivity index (χ0) is 12.3. The van der Waals surface area contributed by atoms with Gasteiger partial charge in [-0.3, -0.25) is 10.1 Å². The molecule has 1 unspecified atom stereocenters. The number of amides is 1. The van der Waals surface area contributed by atoms with Crippen molar-refractivity contribution in [2.24, 2.45) is 5.73 Å². The number of primary amides is 1. The summed E-state index contributed by atoms with van der Waals surface area (Å²) < 4.78 is 0. The maximum absolute atomic E-state index is 11.2. The van der Waals surface area contributed by atoms with E-state index in [-0.39, 0.29) is 11.8 Å². The molecule has 4 N–H and O–H groups in total. The van der Waals surface area contributed by atoms with Crippen LogP contribution in [0.2, 0.25) is 0 Å². The summed E-state index contributed by atoms with van der Waals surface area (Å²) in [6.45, 7) is 5.43. The summed E-state index contributed by atoms with van der Waals surface area (Å²) in [5.41, 5.74) is 5.52. The summed E-state index contributed by atoms with van der Waals surface area (Å²) >= 11 is 0. The summed E-state index contributed by atoms with van der Waals surface area (Å²) in [7, 11) is 0. The van der Waals surface area contributed by atoms with Gasteiger partial charge in [0.2, 0.25) is 5.91 Å². The molecule has 0 bridgehead atoms. The van der Waals surface area contributed by atoms with E-state index in [4.69, 9.17) is 10.8 Å². The van der Waals surface area contributed by atoms with E-state index in [1.807, 2.05) is 19.1 Å². The minimum Gasteiger partial charge on any atom is -0.508 e. The Morgan fingerprint density at radius 1 is 1.38 bits per heavy atom. The molecule has 0 saturated heterocycles. The topological polar surface area (TPSA) is 75.3 Å². The first-order chi connectivity index (χ1) is 7.33. The molecule has 0 aliphatic carbocycles. The average Bonchev–Trinajstić information content (AvgIpc) is 2.17. The highest BCUT2D eigenvalue weighted by atomic mass is 16.3. The van der Waals surface area contributed by atoms with Crippen molar-refractivity contribution in [1.82, 2.24) is 5.32 Å². The molecule has 0 aromatic heterocycles. The fraction of sp³-hybridized carbons (Fsp3) is 0.417. The minimum absolute atomic E-state index is 0.0110. The van der Waals surface area contributed by atoms with E-state index in [0.717, 1.165) is 5.56 Å². The quantitative estimate of drug-likeness (QED) is 0.719. The van der Waals surface area contributed by atoms with Crippen LogP contribution in [0.15, 0.2) is 24.3 Å². The number of carbonyl (C=O) groups excluding carboxylic acids is 1. The maximum atomic E-state index is 11.2. The van der Waals surface area contributed by atoms with Gasteiger partial charge >= 0.3 is 0 Å². The summed E-state index contributed by atoms with van der Waals surface area (Å²) in [5, 5.41) is 12.3. The zero-order valence-corrected chi connectivity index (χ0v) is 9.82. The van der Waals surface area contributed by atoms with Gasteiger partial charge in [0.25, 0.3) is 0 Å². The summed E-state index contributed by atoms with van der Waals surface area (Å²) in [6.07, 6.45) is 0. The first kappa shape index (κ1) is 12.5. The second kappa shape index (κ2) is 4.53. The largest absolute Gasteiger partial charge is 0.508 e. The summed E-state index contributed by atoms with van der Waals surface area (Å²) in [5.74, 6) is -0.164. The molecule has 4 heteroatoms. The first-order valence-corrected chi connectivity index (χ1v) is 5.19. The normalized spacial score (nSPS) is 13.4. The number of phenolic OH excluding ortho intramolecular Hbond substituents is 1. The van der Waals surface area contributed by atoms with Gasteiger partial charge in [-0.1, -0.05) is 12.1 Å². The zero-order valence-electron chi connectivity index (χ0n) is 9.82. The number of nitrogens with two attached hydrogens (primary N) is 1. The second-order valence-electron chi connectivity index (χ2n) is 4.45. The Balaban J connectivity index is 2.76. The van der Waals surface area contributed by atoms with E-state index in [0.29, 0.717) is 0 Å². The third-order valence-electron chi connectivity index (χ3n) is 2.59. The summed E-state index contributed by atoms with van der Waals surface area (Å²) in [4.78, 5) is 11.2. The molecule has 1 amide bonds. The van der Waals surface area contributed by atoms with Crippen LogP contribution in [0.1, 0.15) is 32.4 Å². The molecule has 16 heavy (non-hydrogen) atoms. The van der Waals surface area contributed by atoms with Gasteiger partial charge in [-0.15, -0.1) is 0 Å². The Morgan fingerprint density at radius 3 is 2.31 bits per heavy atom. The van der Waals surface area contributed by atoms with Crippen LogP contribution in [0.3, 0.4) is 0 Å². The molecule has 0 aliphatic rings. The molecular weight excluding hydrogens is 204 g/mol. The van der Waals surface area contributed by atoms with Crippen LogP contribution >= 0.6 is 0 Å². The smallest absolute Gasteiger partial charge is 0.237 e. The van der Waals surface area contributed by atoms with Gasteiger partial charge in [0.05, 0.1) is 5.54 Å². The van der Waals surface area contributed by atoms with Crippen LogP contribution in [0.4, 0.5) is 0 Å². The lowest BCUT2D eigenvalue weighted by Crippen LogP contribution is -2.51. The number of hydrogen-bond acceptors (Lipinski definition) is 3. The van der Waals surface area contributed by atoms with E-state index in [9.17, 15) is 4.79 Å². The molecule has 1 aromatic rings. The molecule has 1 rings (SSSR count). The van der Waals surface area contributed by atoms with E-state index in [2.05, 4.69) is 5.32 Å². The highest BCUT2D eigenvalue weighted by Gasteiger charge is 2.26. The highest BCUT2D eigenvalue weighted by Crippen LogP contribution is 2.18. The molecule has 4 nitrogen and oxygen atoms in total. The van der Waals surface area contributed by atoms with Crippen LogP contribution in [0.25, 0.3) is 0 Å².